The minimum absolute atomic E-state index is 0.0570. The van der Waals surface area contributed by atoms with Gasteiger partial charge >= 0.3 is 0 Å². The van der Waals surface area contributed by atoms with E-state index in [-0.39, 0.29) is 12.5 Å². The molecule has 2 rings (SSSR count). The Morgan fingerprint density at radius 3 is 2.68 bits per heavy atom. The molecule has 2 aromatic rings. The average molecular weight is 342 g/mol. The van der Waals surface area contributed by atoms with Crippen LogP contribution >= 0.6 is 0 Å². The number of aliphatic hydroxyl groups excluding tert-OH is 1. The number of aliphatic hydroxyl groups is 1. The van der Waals surface area contributed by atoms with Gasteiger partial charge in [0.25, 0.3) is 5.91 Å². The zero-order valence-electron chi connectivity index (χ0n) is 15.2. The first kappa shape index (κ1) is 18.8. The third-order valence-electron chi connectivity index (χ3n) is 3.94. The van der Waals surface area contributed by atoms with Gasteiger partial charge in [0.15, 0.2) is 6.10 Å². The Balaban J connectivity index is 1.97. The summed E-state index contributed by atoms with van der Waals surface area (Å²) in [6.45, 7) is 4.14. The molecule has 1 amide bonds. The van der Waals surface area contributed by atoms with Crippen LogP contribution in [-0.4, -0.2) is 31.2 Å². The molecule has 1 atom stereocenters. The molecule has 0 aliphatic carbocycles. The van der Waals surface area contributed by atoms with E-state index in [0.29, 0.717) is 12.3 Å². The van der Waals surface area contributed by atoms with Gasteiger partial charge in [0.1, 0.15) is 5.75 Å². The van der Waals surface area contributed by atoms with Crippen LogP contribution in [0.4, 0.5) is 5.69 Å². The SMILES string of the molecule is Cc1ccc(CNC(=O)C(C)Oc2cccc(CO)c2)c(N(C)C)c1. The third-order valence-corrected chi connectivity index (χ3v) is 3.94. The lowest BCUT2D eigenvalue weighted by Gasteiger charge is -2.20. The van der Waals surface area contributed by atoms with Crippen LogP contribution < -0.4 is 15.0 Å². The number of benzene rings is 2. The Labute approximate surface area is 149 Å². The van der Waals surface area contributed by atoms with Crippen molar-refractivity contribution in [1.82, 2.24) is 5.32 Å². The molecule has 2 N–H and O–H groups in total. The summed E-state index contributed by atoms with van der Waals surface area (Å²) in [5.74, 6) is 0.387. The second-order valence-electron chi connectivity index (χ2n) is 6.31. The number of nitrogens with zero attached hydrogens (tertiary/aromatic N) is 1. The highest BCUT2D eigenvalue weighted by atomic mass is 16.5. The van der Waals surface area contributed by atoms with Crippen molar-refractivity contribution in [2.24, 2.45) is 0 Å². The number of hydrogen-bond acceptors (Lipinski definition) is 4. The minimum atomic E-state index is -0.623. The van der Waals surface area contributed by atoms with E-state index in [0.717, 1.165) is 16.8 Å². The second-order valence-corrected chi connectivity index (χ2v) is 6.31. The molecule has 5 heteroatoms. The Bertz CT molecular complexity index is 729. The van der Waals surface area contributed by atoms with Crippen molar-refractivity contribution in [2.45, 2.75) is 33.1 Å². The first-order valence-corrected chi connectivity index (χ1v) is 8.31. The van der Waals surface area contributed by atoms with E-state index in [1.165, 1.54) is 5.56 Å². The van der Waals surface area contributed by atoms with E-state index < -0.39 is 6.10 Å². The fourth-order valence-corrected chi connectivity index (χ4v) is 2.54. The fourth-order valence-electron chi connectivity index (χ4n) is 2.54. The van der Waals surface area contributed by atoms with E-state index >= 15 is 0 Å². The largest absolute Gasteiger partial charge is 0.481 e. The number of nitrogens with one attached hydrogen (secondary N) is 1. The van der Waals surface area contributed by atoms with Gasteiger partial charge in [-0.15, -0.1) is 0 Å². The van der Waals surface area contributed by atoms with Gasteiger partial charge in [-0.1, -0.05) is 24.3 Å². The first-order valence-electron chi connectivity index (χ1n) is 8.31. The van der Waals surface area contributed by atoms with Gasteiger partial charge in [0.2, 0.25) is 0 Å². The molecule has 0 bridgehead atoms. The number of anilines is 1. The Morgan fingerprint density at radius 2 is 2.00 bits per heavy atom. The summed E-state index contributed by atoms with van der Waals surface area (Å²) in [6.07, 6.45) is -0.623. The van der Waals surface area contributed by atoms with Crippen LogP contribution in [0.5, 0.6) is 5.75 Å². The van der Waals surface area contributed by atoms with Crippen LogP contribution in [0.1, 0.15) is 23.6 Å². The predicted molar refractivity (Wildman–Crippen MR) is 99.8 cm³/mol. The van der Waals surface area contributed by atoms with Gasteiger partial charge in [0.05, 0.1) is 6.61 Å². The fraction of sp³-hybridized carbons (Fsp3) is 0.350. The normalized spacial score (nSPS) is 11.7. The maximum Gasteiger partial charge on any atom is 0.261 e. The zero-order chi connectivity index (χ0) is 18.4. The summed E-state index contributed by atoms with van der Waals surface area (Å²) in [7, 11) is 3.97. The number of rotatable bonds is 7. The number of aryl methyl sites for hydroxylation is 1. The van der Waals surface area contributed by atoms with Gasteiger partial charge in [-0.3, -0.25) is 4.79 Å². The number of carbonyl (C=O) groups is 1. The number of carbonyl (C=O) groups excluding carboxylic acids is 1. The van der Waals surface area contributed by atoms with E-state index in [9.17, 15) is 4.79 Å². The molecule has 0 aliphatic heterocycles. The van der Waals surface area contributed by atoms with Crippen molar-refractivity contribution in [2.75, 3.05) is 19.0 Å². The first-order chi connectivity index (χ1) is 11.9. The van der Waals surface area contributed by atoms with Crippen LogP contribution in [0.3, 0.4) is 0 Å². The van der Waals surface area contributed by atoms with Gasteiger partial charge in [-0.25, -0.2) is 0 Å². The Kier molecular flexibility index (Phi) is 6.42. The predicted octanol–water partition coefficient (Wildman–Crippen LogP) is 2.64. The highest BCUT2D eigenvalue weighted by Crippen LogP contribution is 2.20. The van der Waals surface area contributed by atoms with Crippen molar-refractivity contribution < 1.29 is 14.6 Å². The molecule has 0 aliphatic rings. The Hall–Kier alpha value is -2.53. The van der Waals surface area contributed by atoms with Crippen molar-refractivity contribution >= 4 is 11.6 Å². The molecule has 0 saturated carbocycles. The molecule has 0 saturated heterocycles. The summed E-state index contributed by atoms with van der Waals surface area (Å²) < 4.78 is 5.67. The lowest BCUT2D eigenvalue weighted by molar-refractivity contribution is -0.127. The highest BCUT2D eigenvalue weighted by Gasteiger charge is 2.15. The zero-order valence-corrected chi connectivity index (χ0v) is 15.2. The van der Waals surface area contributed by atoms with Crippen molar-refractivity contribution in [1.29, 1.82) is 0 Å². The smallest absolute Gasteiger partial charge is 0.261 e. The highest BCUT2D eigenvalue weighted by molar-refractivity contribution is 5.80. The summed E-state index contributed by atoms with van der Waals surface area (Å²) in [6, 6.07) is 13.3. The van der Waals surface area contributed by atoms with Crippen molar-refractivity contribution in [3.05, 3.63) is 59.2 Å². The molecule has 2 aromatic carbocycles. The molecule has 5 nitrogen and oxygen atoms in total. The molecule has 0 fully saturated rings. The van der Waals surface area contributed by atoms with Gasteiger partial charge in [-0.05, 0) is 48.7 Å². The summed E-state index contributed by atoms with van der Waals surface area (Å²) in [5, 5.41) is 12.1. The monoisotopic (exact) mass is 342 g/mol. The molecule has 1 unspecified atom stereocenters. The minimum Gasteiger partial charge on any atom is -0.481 e. The molecular formula is C20H26N2O3. The van der Waals surface area contributed by atoms with E-state index in [1.54, 1.807) is 31.2 Å². The van der Waals surface area contributed by atoms with E-state index in [4.69, 9.17) is 9.84 Å². The van der Waals surface area contributed by atoms with Crippen LogP contribution in [0, 0.1) is 6.92 Å². The maximum absolute atomic E-state index is 12.3. The van der Waals surface area contributed by atoms with Crippen LogP contribution in [0.2, 0.25) is 0 Å². The molecule has 0 aromatic heterocycles. The lowest BCUT2D eigenvalue weighted by atomic mass is 10.1. The van der Waals surface area contributed by atoms with Crippen LogP contribution in [0.25, 0.3) is 0 Å². The summed E-state index contributed by atoms with van der Waals surface area (Å²) >= 11 is 0. The van der Waals surface area contributed by atoms with E-state index in [1.807, 2.05) is 38.1 Å². The molecule has 0 spiro atoms. The number of ether oxygens (including phenoxy) is 1. The van der Waals surface area contributed by atoms with E-state index in [2.05, 4.69) is 11.4 Å². The number of hydrogen-bond donors (Lipinski definition) is 2. The van der Waals surface area contributed by atoms with Gasteiger partial charge < -0.3 is 20.1 Å². The quantitative estimate of drug-likeness (QED) is 0.812. The topological polar surface area (TPSA) is 61.8 Å². The summed E-state index contributed by atoms with van der Waals surface area (Å²) in [4.78, 5) is 14.4. The number of amides is 1. The van der Waals surface area contributed by atoms with Crippen LogP contribution in [-0.2, 0) is 17.9 Å². The molecule has 134 valence electrons. The average Bonchev–Trinajstić information content (AvgIpc) is 2.60. The van der Waals surface area contributed by atoms with Crippen LogP contribution in [0.15, 0.2) is 42.5 Å². The van der Waals surface area contributed by atoms with Crippen molar-refractivity contribution in [3.63, 3.8) is 0 Å². The lowest BCUT2D eigenvalue weighted by Crippen LogP contribution is -2.36. The second kappa shape index (κ2) is 8.53. The van der Waals surface area contributed by atoms with Gasteiger partial charge in [0, 0.05) is 26.3 Å². The molecule has 25 heavy (non-hydrogen) atoms. The third kappa shape index (κ3) is 5.22. The van der Waals surface area contributed by atoms with Crippen molar-refractivity contribution in [3.8, 4) is 5.75 Å². The molecule has 0 radical (unpaired) electrons. The molecule has 0 heterocycles. The molecular weight excluding hydrogens is 316 g/mol. The Morgan fingerprint density at radius 1 is 1.24 bits per heavy atom. The standard InChI is InChI=1S/C20H26N2O3/c1-14-8-9-17(19(10-14)22(3)4)12-21-20(24)15(2)25-18-7-5-6-16(11-18)13-23/h5-11,15,23H,12-13H2,1-4H3,(H,21,24). The van der Waals surface area contributed by atoms with Gasteiger partial charge in [-0.2, -0.15) is 0 Å². The summed E-state index contributed by atoms with van der Waals surface area (Å²) in [5.41, 5.74) is 4.07. The maximum atomic E-state index is 12.3.